The second kappa shape index (κ2) is 33.7. The van der Waals surface area contributed by atoms with E-state index in [0.717, 1.165) is 35.3 Å². The number of benzene rings is 4. The maximum atomic E-state index is 14.7. The highest BCUT2D eigenvalue weighted by atomic mass is 16.6. The van der Waals surface area contributed by atoms with Crippen LogP contribution in [0.2, 0.25) is 0 Å². The number of unbranched alkanes of at least 4 members (excludes halogenated alkanes) is 2. The van der Waals surface area contributed by atoms with Crippen LogP contribution < -0.4 is 50.4 Å². The molecule has 1 saturated carbocycles. The molecule has 5 atom stereocenters. The highest BCUT2D eigenvalue weighted by Crippen LogP contribution is 2.56. The van der Waals surface area contributed by atoms with Gasteiger partial charge in [-0.1, -0.05) is 62.9 Å². The van der Waals surface area contributed by atoms with E-state index in [0.29, 0.717) is 106 Å². The average molecular weight is 1320 g/mol. The summed E-state index contributed by atoms with van der Waals surface area (Å²) in [6, 6.07) is 17.5. The summed E-state index contributed by atoms with van der Waals surface area (Å²) in [5.74, 6) is -1.20. The van der Waals surface area contributed by atoms with Gasteiger partial charge in [-0.3, -0.25) is 28.9 Å². The van der Waals surface area contributed by atoms with E-state index in [1.807, 2.05) is 29.2 Å². The molecule has 0 unspecified atom stereocenters. The molecule has 4 aliphatic heterocycles. The molecule has 0 aromatic heterocycles. The van der Waals surface area contributed by atoms with Crippen molar-refractivity contribution in [2.24, 2.45) is 17.1 Å². The number of amides is 7. The highest BCUT2D eigenvalue weighted by Gasteiger charge is 2.55. The number of carbonyl (C=O) groups excluding carboxylic acids is 7. The van der Waals surface area contributed by atoms with E-state index < -0.39 is 60.2 Å². The number of rotatable bonds is 34. The predicted molar refractivity (Wildman–Crippen MR) is 350 cm³/mol. The molecule has 1 aliphatic carbocycles. The number of aliphatic hydroxyl groups is 1. The summed E-state index contributed by atoms with van der Waals surface area (Å²) in [7, 11) is 2.95. The second-order valence-electron chi connectivity index (χ2n) is 24.6. The quantitative estimate of drug-likeness (QED) is 0.0246. The van der Waals surface area contributed by atoms with Gasteiger partial charge in [0.2, 0.25) is 17.7 Å². The lowest BCUT2D eigenvalue weighted by atomic mass is 9.93. The Balaban J connectivity index is 0.781. The Labute approximate surface area is 553 Å². The molecular formula is C69H90N8O18. The van der Waals surface area contributed by atoms with Crippen LogP contribution in [0.5, 0.6) is 23.0 Å². The molecule has 0 radical (unpaired) electrons. The number of hydrogen-bond acceptors (Lipinski definition) is 19. The Bertz CT molecular complexity index is 3350. The van der Waals surface area contributed by atoms with Crippen LogP contribution in [0.15, 0.2) is 85.5 Å². The molecule has 9 rings (SSSR count). The lowest BCUT2D eigenvalue weighted by Crippen LogP contribution is -2.55. The number of nitrogens with one attached hydrogen (secondary N) is 3. The Kier molecular flexibility index (Phi) is 25.1. The van der Waals surface area contributed by atoms with Crippen molar-refractivity contribution in [2.45, 2.75) is 116 Å². The van der Waals surface area contributed by atoms with Crippen molar-refractivity contribution < 1.29 is 86.0 Å². The number of methoxy groups -OCH3 is 2. The van der Waals surface area contributed by atoms with E-state index in [9.17, 15) is 38.7 Å². The van der Waals surface area contributed by atoms with Gasteiger partial charge in [0.25, 0.3) is 11.8 Å². The van der Waals surface area contributed by atoms with Crippen molar-refractivity contribution in [3.63, 3.8) is 0 Å². The third kappa shape index (κ3) is 18.1. The summed E-state index contributed by atoms with van der Waals surface area (Å²) in [5, 5.41) is 20.6. The fourth-order valence-corrected chi connectivity index (χ4v) is 12.1. The molecule has 0 bridgehead atoms. The maximum Gasteiger partial charge on any atom is 0.416 e. The zero-order chi connectivity index (χ0) is 67.6. The monoisotopic (exact) mass is 1320 g/mol. The van der Waals surface area contributed by atoms with Crippen LogP contribution in [0.25, 0.3) is 0 Å². The van der Waals surface area contributed by atoms with Crippen molar-refractivity contribution in [2.75, 3.05) is 122 Å². The van der Waals surface area contributed by atoms with E-state index in [4.69, 9.17) is 53.1 Å². The third-order valence-electron chi connectivity index (χ3n) is 17.5. The Hall–Kier alpha value is -8.53. The second-order valence-corrected chi connectivity index (χ2v) is 24.6. The summed E-state index contributed by atoms with van der Waals surface area (Å²) >= 11 is 0. The molecule has 4 aromatic rings. The van der Waals surface area contributed by atoms with Gasteiger partial charge in [0.15, 0.2) is 29.2 Å². The van der Waals surface area contributed by atoms with E-state index in [1.165, 1.54) is 44.3 Å². The predicted octanol–water partition coefficient (Wildman–Crippen LogP) is 6.51. The van der Waals surface area contributed by atoms with Gasteiger partial charge in [-0.25, -0.2) is 14.5 Å². The number of aliphatic hydroxyl groups excluding tert-OH is 1. The zero-order valence-corrected chi connectivity index (χ0v) is 54.9. The first-order chi connectivity index (χ1) is 46.0. The molecule has 514 valence electrons. The first-order valence-electron chi connectivity index (χ1n) is 32.5. The zero-order valence-electron chi connectivity index (χ0n) is 54.9. The van der Waals surface area contributed by atoms with Gasteiger partial charge in [0, 0.05) is 50.4 Å². The standard InChI is InChI=1S/C69H90N8O18/c1-7-23-94-67(84)75-41-50-39-69(20-21-69)43-76(50)65(82)51-35-56(86-5)58(37-53(51)75)92-24-11-8-12-25-93-59-38-54-52(36-57(59)87-6)64(81)74-40-48-14-10-9-13-47(48)34-55(74)66(83)77(54)68(85)95-42-46-15-17-49(18-16-46)72-62(79)45(4)71-63(80)61(44(2)3)73-60(78)19-26-88-28-30-90-32-33-91-31-29-89-27-22-70/h7,9-10,13-18,35-38,44-45,50,55,61,66,83H,1,8,11-12,19-34,39-43,70H2,2-6H3,(H,71,80)(H,72,79)(H,73,78)/t45-,50-,55-,61-,66-/m0/s1. The van der Waals surface area contributed by atoms with Gasteiger partial charge in [-0.15, -0.1) is 0 Å². The van der Waals surface area contributed by atoms with Crippen LogP contribution in [-0.2, 0) is 62.4 Å². The van der Waals surface area contributed by atoms with E-state index in [2.05, 4.69) is 22.5 Å². The molecule has 4 aromatic carbocycles. The van der Waals surface area contributed by atoms with Crippen molar-refractivity contribution in [1.29, 1.82) is 0 Å². The number of nitrogens with zero attached hydrogens (tertiary/aromatic N) is 4. The number of fused-ring (bicyclic) bond motifs is 5. The molecule has 7 amide bonds. The van der Waals surface area contributed by atoms with Crippen LogP contribution in [-0.4, -0.2) is 194 Å². The van der Waals surface area contributed by atoms with Gasteiger partial charge in [-0.05, 0) is 104 Å². The van der Waals surface area contributed by atoms with Gasteiger partial charge in [0.1, 0.15) is 25.3 Å². The molecule has 4 heterocycles. The minimum atomic E-state index is -1.57. The van der Waals surface area contributed by atoms with Crippen LogP contribution in [0, 0.1) is 11.3 Å². The summed E-state index contributed by atoms with van der Waals surface area (Å²) in [5.41, 5.74) is 9.09. The number of carbonyl (C=O) groups is 7. The van der Waals surface area contributed by atoms with E-state index >= 15 is 0 Å². The minimum absolute atomic E-state index is 0.00928. The fourth-order valence-electron chi connectivity index (χ4n) is 12.1. The highest BCUT2D eigenvalue weighted by molar-refractivity contribution is 6.07. The molecule has 2 fully saturated rings. The Morgan fingerprint density at radius 3 is 1.91 bits per heavy atom. The van der Waals surface area contributed by atoms with Crippen molar-refractivity contribution >= 4 is 58.8 Å². The van der Waals surface area contributed by atoms with Crippen molar-refractivity contribution in [3.8, 4) is 23.0 Å². The summed E-state index contributed by atoms with van der Waals surface area (Å²) in [6.07, 6.45) is 3.36. The SMILES string of the molecule is C=CCOC(=O)N1C[C@@H]2CC3(CC3)CN2C(=O)c2cc(OC)c(OCCCCCOc3cc4c(cc3OC)C(=O)N3Cc5ccccc5C[C@H]3[C@H](O)N4C(=O)OCc3ccc(NC(=O)[C@H](C)NC(=O)[C@@H](NC(=O)CCOCCOCCOCCOCCN)C(C)C)cc3)cc21. The lowest BCUT2D eigenvalue weighted by Gasteiger charge is -2.39. The number of nitrogens with two attached hydrogens (primary N) is 1. The fraction of sp³-hybridized carbons (Fsp3) is 0.522. The third-order valence-corrected chi connectivity index (χ3v) is 17.5. The van der Waals surface area contributed by atoms with E-state index in [-0.39, 0.29) is 112 Å². The molecule has 6 N–H and O–H groups in total. The summed E-state index contributed by atoms with van der Waals surface area (Å²) < 4.78 is 57.2. The first kappa shape index (κ1) is 70.8. The molecule has 26 heteroatoms. The summed E-state index contributed by atoms with van der Waals surface area (Å²) in [6.45, 7) is 13.4. The molecule has 26 nitrogen and oxygen atoms in total. The van der Waals surface area contributed by atoms with Gasteiger partial charge in [-0.2, -0.15) is 0 Å². The number of ether oxygens (including phenoxy) is 10. The Morgan fingerprint density at radius 2 is 1.29 bits per heavy atom. The van der Waals surface area contributed by atoms with Crippen molar-refractivity contribution in [1.82, 2.24) is 20.4 Å². The van der Waals surface area contributed by atoms with Crippen LogP contribution in [0.3, 0.4) is 0 Å². The van der Waals surface area contributed by atoms with Crippen LogP contribution in [0.4, 0.5) is 26.7 Å². The van der Waals surface area contributed by atoms with Gasteiger partial charge >= 0.3 is 12.2 Å². The Morgan fingerprint density at radius 1 is 0.695 bits per heavy atom. The average Bonchev–Trinajstić information content (AvgIpc) is 1.59. The van der Waals surface area contributed by atoms with Crippen molar-refractivity contribution in [3.05, 3.63) is 113 Å². The minimum Gasteiger partial charge on any atom is -0.493 e. The normalized spacial score (nSPS) is 18.0. The largest absolute Gasteiger partial charge is 0.493 e. The number of hydrogen-bond donors (Lipinski definition) is 5. The number of anilines is 3. The molecule has 95 heavy (non-hydrogen) atoms. The summed E-state index contributed by atoms with van der Waals surface area (Å²) in [4.78, 5) is 103. The maximum absolute atomic E-state index is 14.7. The topological polar surface area (TPSA) is 307 Å². The smallest absolute Gasteiger partial charge is 0.416 e. The van der Waals surface area contributed by atoms with E-state index in [1.54, 1.807) is 55.1 Å². The molecule has 5 aliphatic rings. The lowest BCUT2D eigenvalue weighted by molar-refractivity contribution is -0.132. The molecular weight excluding hydrogens is 1230 g/mol. The van der Waals surface area contributed by atoms with Gasteiger partial charge < -0.3 is 84.0 Å². The molecule has 1 spiro atoms. The van der Waals surface area contributed by atoms with Crippen LogP contribution >= 0.6 is 0 Å². The van der Waals surface area contributed by atoms with Gasteiger partial charge in [0.05, 0.1) is 115 Å². The van der Waals surface area contributed by atoms with Crippen LogP contribution in [0.1, 0.15) is 103 Å². The first-order valence-corrected chi connectivity index (χ1v) is 32.5. The molecule has 1 saturated heterocycles.